The second-order valence-electron chi connectivity index (χ2n) is 12.3. The third kappa shape index (κ3) is 5.81. The van der Waals surface area contributed by atoms with Gasteiger partial charge in [0.2, 0.25) is 0 Å². The van der Waals surface area contributed by atoms with Gasteiger partial charge in [-0.25, -0.2) is 4.98 Å². The van der Waals surface area contributed by atoms with Gasteiger partial charge < -0.3 is 19.9 Å². The molecule has 4 heterocycles. The lowest BCUT2D eigenvalue weighted by atomic mass is 9.98. The number of hydrogen-bond donors (Lipinski definition) is 2. The number of anilines is 2. The first-order valence-electron chi connectivity index (χ1n) is 15.5. The topological polar surface area (TPSA) is 108 Å². The molecule has 0 spiro atoms. The molecule has 1 saturated carbocycles. The van der Waals surface area contributed by atoms with E-state index in [2.05, 4.69) is 92.7 Å². The number of nitrogens with one attached hydrogen (secondary N) is 2. The highest BCUT2D eigenvalue weighted by atomic mass is 16.5. The number of rotatable bonds is 11. The smallest absolute Gasteiger partial charge is 0.318 e. The van der Waals surface area contributed by atoms with Crippen LogP contribution in [0, 0.1) is 5.41 Å². The molecular formula is C34H39N9O. The summed E-state index contributed by atoms with van der Waals surface area (Å²) in [4.78, 5) is 23.6. The predicted octanol–water partition coefficient (Wildman–Crippen LogP) is 5.27. The second-order valence-corrected chi connectivity index (χ2v) is 12.3. The molecule has 0 atom stereocenters. The standard InChI is InChI=1S/C34H39N9O/c1-4-23-9-7-10-24-11-8-13-28(30(23)24)43-18-14-25-27(20-43)37-33(44-22-34(15-16-34)21-42(2)3)39-31(25)36-19-29-38-32(41-40-29)26-12-5-6-17-35-26/h5-13,17H,4,14-16,18-22H2,1-3H3,(H,36,37,39)(H,38,40,41). The molecule has 7 rings (SSSR count). The molecule has 44 heavy (non-hydrogen) atoms. The van der Waals surface area contributed by atoms with E-state index in [1.165, 1.54) is 34.9 Å². The quantitative estimate of drug-likeness (QED) is 0.213. The molecule has 5 aromatic rings. The number of H-pyrrole nitrogens is 1. The molecule has 10 nitrogen and oxygen atoms in total. The van der Waals surface area contributed by atoms with Gasteiger partial charge in [0.25, 0.3) is 0 Å². The van der Waals surface area contributed by atoms with Crippen molar-refractivity contribution in [3.63, 3.8) is 0 Å². The van der Waals surface area contributed by atoms with Gasteiger partial charge in [0.05, 0.1) is 25.4 Å². The number of aromatic amines is 1. The zero-order valence-electron chi connectivity index (χ0n) is 25.7. The average Bonchev–Trinajstić information content (AvgIpc) is 3.64. The first-order valence-corrected chi connectivity index (χ1v) is 15.5. The van der Waals surface area contributed by atoms with E-state index < -0.39 is 0 Å². The molecule has 2 aromatic carbocycles. The van der Waals surface area contributed by atoms with E-state index >= 15 is 0 Å². The maximum atomic E-state index is 6.35. The molecule has 0 amide bonds. The first-order chi connectivity index (χ1) is 21.5. The number of pyridine rings is 1. The lowest BCUT2D eigenvalue weighted by molar-refractivity contribution is 0.182. The molecule has 1 aliphatic carbocycles. The zero-order chi connectivity index (χ0) is 30.1. The molecule has 0 radical (unpaired) electrons. The van der Waals surface area contributed by atoms with Gasteiger partial charge in [0.15, 0.2) is 5.82 Å². The second kappa shape index (κ2) is 11.8. The van der Waals surface area contributed by atoms with Crippen LogP contribution in [0.2, 0.25) is 0 Å². The fraction of sp³-hybridized carbons (Fsp3) is 0.382. The molecule has 0 bridgehead atoms. The Bertz CT molecular complexity index is 1760. The molecule has 0 unspecified atom stereocenters. The fourth-order valence-electron chi connectivity index (χ4n) is 6.34. The number of hydrogen-bond acceptors (Lipinski definition) is 9. The predicted molar refractivity (Wildman–Crippen MR) is 173 cm³/mol. The monoisotopic (exact) mass is 589 g/mol. The van der Waals surface area contributed by atoms with E-state index in [-0.39, 0.29) is 5.41 Å². The van der Waals surface area contributed by atoms with Crippen molar-refractivity contribution in [2.24, 2.45) is 5.41 Å². The molecule has 3 aromatic heterocycles. The summed E-state index contributed by atoms with van der Waals surface area (Å²) < 4.78 is 6.35. The van der Waals surface area contributed by atoms with Gasteiger partial charge in [-0.15, -0.1) is 0 Å². The highest BCUT2D eigenvalue weighted by molar-refractivity contribution is 5.97. The summed E-state index contributed by atoms with van der Waals surface area (Å²) in [5.74, 6) is 2.08. The maximum Gasteiger partial charge on any atom is 0.318 e. The Morgan fingerprint density at radius 3 is 2.66 bits per heavy atom. The minimum absolute atomic E-state index is 0.184. The van der Waals surface area contributed by atoms with Crippen LogP contribution in [-0.4, -0.2) is 68.8 Å². The molecule has 2 aliphatic rings. The molecule has 1 aliphatic heterocycles. The summed E-state index contributed by atoms with van der Waals surface area (Å²) in [6.45, 7) is 5.85. The van der Waals surface area contributed by atoms with Crippen molar-refractivity contribution in [3.05, 3.63) is 83.4 Å². The van der Waals surface area contributed by atoms with Crippen molar-refractivity contribution in [1.82, 2.24) is 35.0 Å². The zero-order valence-corrected chi connectivity index (χ0v) is 25.7. The first kappa shape index (κ1) is 28.2. The lowest BCUT2D eigenvalue weighted by Gasteiger charge is -2.32. The Balaban J connectivity index is 1.17. The van der Waals surface area contributed by atoms with Crippen LogP contribution < -0.4 is 15.0 Å². The third-order valence-corrected chi connectivity index (χ3v) is 8.70. The minimum Gasteiger partial charge on any atom is -0.463 e. The largest absolute Gasteiger partial charge is 0.463 e. The third-order valence-electron chi connectivity index (χ3n) is 8.70. The molecule has 0 saturated heterocycles. The maximum absolute atomic E-state index is 6.35. The molecule has 2 N–H and O–H groups in total. The number of aromatic nitrogens is 6. The summed E-state index contributed by atoms with van der Waals surface area (Å²) in [5.41, 5.74) is 5.67. The minimum atomic E-state index is 0.184. The average molecular weight is 590 g/mol. The normalized spacial score (nSPS) is 15.4. The molecule has 1 fully saturated rings. The Kier molecular flexibility index (Phi) is 7.59. The SMILES string of the molecule is CCc1cccc2cccc(N3CCc4c(nc(OCC5(CN(C)C)CC5)nc4NCc4nc(-c5ccccn5)n[nH]4)C3)c12. The van der Waals surface area contributed by atoms with E-state index in [1.54, 1.807) is 6.20 Å². The number of ether oxygens (including phenoxy) is 1. The van der Waals surface area contributed by atoms with Crippen LogP contribution >= 0.6 is 0 Å². The van der Waals surface area contributed by atoms with Gasteiger partial charge in [-0.05, 0) is 68.9 Å². The van der Waals surface area contributed by atoms with E-state index in [0.29, 0.717) is 37.4 Å². The summed E-state index contributed by atoms with van der Waals surface area (Å²) in [7, 11) is 4.23. The molecule has 226 valence electrons. The van der Waals surface area contributed by atoms with Crippen LogP contribution in [0.25, 0.3) is 22.3 Å². The Morgan fingerprint density at radius 1 is 1.02 bits per heavy atom. The summed E-state index contributed by atoms with van der Waals surface area (Å²) in [5, 5.41) is 13.5. The Hall–Kier alpha value is -4.57. The van der Waals surface area contributed by atoms with Crippen LogP contribution in [-0.2, 0) is 25.9 Å². The highest BCUT2D eigenvalue weighted by Crippen LogP contribution is 2.46. The van der Waals surface area contributed by atoms with Gasteiger partial charge in [-0.3, -0.25) is 10.1 Å². The van der Waals surface area contributed by atoms with Gasteiger partial charge in [0.1, 0.15) is 17.3 Å². The summed E-state index contributed by atoms with van der Waals surface area (Å²) >= 11 is 0. The number of aryl methyl sites for hydroxylation is 1. The molecular weight excluding hydrogens is 550 g/mol. The number of benzene rings is 2. The van der Waals surface area contributed by atoms with E-state index in [9.17, 15) is 0 Å². The van der Waals surface area contributed by atoms with Gasteiger partial charge in [0, 0.05) is 41.3 Å². The van der Waals surface area contributed by atoms with Crippen molar-refractivity contribution >= 4 is 22.3 Å². The Morgan fingerprint density at radius 2 is 1.89 bits per heavy atom. The van der Waals surface area contributed by atoms with Crippen molar-refractivity contribution < 1.29 is 4.74 Å². The Labute approximate surface area is 257 Å². The van der Waals surface area contributed by atoms with Crippen LogP contribution in [0.15, 0.2) is 60.8 Å². The number of fused-ring (bicyclic) bond motifs is 2. The summed E-state index contributed by atoms with van der Waals surface area (Å²) in [6, 6.07) is 19.3. The van der Waals surface area contributed by atoms with Crippen LogP contribution in [0.1, 0.15) is 42.4 Å². The van der Waals surface area contributed by atoms with Crippen LogP contribution in [0.5, 0.6) is 6.01 Å². The van der Waals surface area contributed by atoms with Crippen molar-refractivity contribution in [2.45, 2.75) is 45.7 Å². The van der Waals surface area contributed by atoms with Gasteiger partial charge in [-0.2, -0.15) is 15.1 Å². The van der Waals surface area contributed by atoms with E-state index in [1.807, 2.05) is 18.2 Å². The van der Waals surface area contributed by atoms with Crippen molar-refractivity contribution in [2.75, 3.05) is 44.0 Å². The summed E-state index contributed by atoms with van der Waals surface area (Å²) in [6.07, 6.45) is 5.89. The number of nitrogens with zero attached hydrogens (tertiary/aromatic N) is 7. The van der Waals surface area contributed by atoms with Crippen molar-refractivity contribution in [1.29, 1.82) is 0 Å². The molecule has 10 heteroatoms. The highest BCUT2D eigenvalue weighted by Gasteiger charge is 2.44. The lowest BCUT2D eigenvalue weighted by Crippen LogP contribution is -2.33. The van der Waals surface area contributed by atoms with Crippen LogP contribution in [0.3, 0.4) is 0 Å². The van der Waals surface area contributed by atoms with Gasteiger partial charge in [-0.1, -0.05) is 43.3 Å². The van der Waals surface area contributed by atoms with E-state index in [4.69, 9.17) is 14.7 Å². The fourth-order valence-corrected chi connectivity index (χ4v) is 6.34. The van der Waals surface area contributed by atoms with Gasteiger partial charge >= 0.3 is 6.01 Å². The van der Waals surface area contributed by atoms with Crippen molar-refractivity contribution in [3.8, 4) is 17.5 Å². The van der Waals surface area contributed by atoms with E-state index in [0.717, 1.165) is 48.7 Å². The van der Waals surface area contributed by atoms with Crippen LogP contribution in [0.4, 0.5) is 11.5 Å².